The summed E-state index contributed by atoms with van der Waals surface area (Å²) in [6, 6.07) is 0. The third-order valence-corrected chi connectivity index (χ3v) is 2.20. The average molecular weight is 171 g/mol. The molecule has 3 heteroatoms. The van der Waals surface area contributed by atoms with Gasteiger partial charge < -0.3 is 0 Å². The molecule has 0 N–H and O–H groups in total. The van der Waals surface area contributed by atoms with Gasteiger partial charge in [-0.1, -0.05) is 13.8 Å². The number of carbonyl (C=O) groups excluding carboxylic acids is 1. The smallest absolute Gasteiger partial charge is 0.268 e. The van der Waals surface area contributed by atoms with Gasteiger partial charge in [-0.05, 0) is 19.3 Å². The maximum Gasteiger partial charge on any atom is 0.268 e. The van der Waals surface area contributed by atoms with Gasteiger partial charge in [0.2, 0.25) is 0 Å². The molecule has 0 aliphatic rings. The summed E-state index contributed by atoms with van der Waals surface area (Å²) in [5.41, 5.74) is 0. The summed E-state index contributed by atoms with van der Waals surface area (Å²) >= 11 is 1.05. The molecule has 1 atom stereocenters. The second-order valence-electron chi connectivity index (χ2n) is 2.93. The van der Waals surface area contributed by atoms with Crippen LogP contribution in [0.1, 0.15) is 27.2 Å². The Labute approximate surface area is 72.3 Å². The van der Waals surface area contributed by atoms with Gasteiger partial charge in [0.1, 0.15) is 11.0 Å². The number of ketones is 1. The molecule has 0 radical (unpaired) electrons. The van der Waals surface area contributed by atoms with Gasteiger partial charge in [0.05, 0.1) is 0 Å². The van der Waals surface area contributed by atoms with Crippen LogP contribution < -0.4 is 0 Å². The molecule has 0 aliphatic carbocycles. The Morgan fingerprint density at radius 3 is 2.45 bits per heavy atom. The van der Waals surface area contributed by atoms with Gasteiger partial charge in [-0.3, -0.25) is 4.79 Å². The van der Waals surface area contributed by atoms with Crippen LogP contribution in [0.5, 0.6) is 0 Å². The molecule has 1 unspecified atom stereocenters. The highest BCUT2D eigenvalue weighted by Crippen LogP contribution is 2.20. The monoisotopic (exact) mass is 171 g/mol. The van der Waals surface area contributed by atoms with Crippen molar-refractivity contribution in [2.75, 3.05) is 0 Å². The van der Waals surface area contributed by atoms with Crippen molar-refractivity contribution in [3.8, 4) is 0 Å². The van der Waals surface area contributed by atoms with E-state index in [0.717, 1.165) is 18.4 Å². The largest absolute Gasteiger partial charge is 0.298 e. The van der Waals surface area contributed by atoms with E-state index in [1.807, 2.05) is 0 Å². The number of Topliss-reactive ketones (excluding diaryl/α,β-unsaturated/α-hetero) is 1. The van der Waals surface area contributed by atoms with Crippen molar-refractivity contribution in [3.63, 3.8) is 0 Å². The molecule has 0 saturated carbocycles. The van der Waals surface area contributed by atoms with Gasteiger partial charge in [0.25, 0.3) is 11.9 Å². The number of hydrogen-bond donors (Lipinski definition) is 0. The van der Waals surface area contributed by atoms with Crippen LogP contribution in [0.2, 0.25) is 0 Å². The summed E-state index contributed by atoms with van der Waals surface area (Å²) in [5.74, 6) is 0.595. The highest BCUT2D eigenvalue weighted by atomic mass is 32.2. The second-order valence-corrected chi connectivity index (χ2v) is 3.89. The second kappa shape index (κ2) is 5.20. The molecular formula is C8H13NOS. The maximum atomic E-state index is 10.9. The topological polar surface area (TPSA) is 21.4 Å². The van der Waals surface area contributed by atoms with Gasteiger partial charge in [-0.15, -0.1) is 0 Å². The molecule has 0 heterocycles. The SMILES string of the molecule is [C-]#[N+]SC(CC(C)C)C(C)=O. The van der Waals surface area contributed by atoms with E-state index in [1.54, 1.807) is 6.92 Å². The van der Waals surface area contributed by atoms with Crippen LogP contribution in [-0.4, -0.2) is 11.0 Å². The number of rotatable bonds is 4. The minimum Gasteiger partial charge on any atom is -0.298 e. The fourth-order valence-corrected chi connectivity index (χ4v) is 1.52. The molecular weight excluding hydrogens is 158 g/mol. The van der Waals surface area contributed by atoms with Crippen molar-refractivity contribution in [3.05, 3.63) is 10.8 Å². The highest BCUT2D eigenvalue weighted by molar-refractivity contribution is 8.02. The Hall–Kier alpha value is -0.490. The predicted octanol–water partition coefficient (Wildman–Crippen LogP) is 2.56. The Balaban J connectivity index is 3.92. The summed E-state index contributed by atoms with van der Waals surface area (Å²) in [4.78, 5) is 10.9. The fraction of sp³-hybridized carbons (Fsp3) is 0.750. The van der Waals surface area contributed by atoms with E-state index >= 15 is 0 Å². The van der Waals surface area contributed by atoms with Gasteiger partial charge in [-0.25, -0.2) is 10.8 Å². The Bertz CT molecular complexity index is 171. The summed E-state index contributed by atoms with van der Waals surface area (Å²) in [6.07, 6.45) is 0.808. The third kappa shape index (κ3) is 4.86. The first-order chi connectivity index (χ1) is 5.07. The van der Waals surface area contributed by atoms with Crippen LogP contribution in [0.4, 0.5) is 0 Å². The van der Waals surface area contributed by atoms with Crippen LogP contribution in [0, 0.1) is 12.5 Å². The van der Waals surface area contributed by atoms with Gasteiger partial charge in [0, 0.05) is 0 Å². The molecule has 0 saturated heterocycles. The number of carbonyl (C=O) groups is 1. The third-order valence-electron chi connectivity index (χ3n) is 1.32. The zero-order chi connectivity index (χ0) is 8.85. The molecule has 0 aromatic heterocycles. The minimum atomic E-state index is -0.118. The zero-order valence-electron chi connectivity index (χ0n) is 7.13. The molecule has 2 nitrogen and oxygen atoms in total. The summed E-state index contributed by atoms with van der Waals surface area (Å²) in [5, 5.41) is -0.118. The van der Waals surface area contributed by atoms with Crippen LogP contribution in [0.25, 0.3) is 4.25 Å². The molecule has 0 aromatic carbocycles. The van der Waals surface area contributed by atoms with Crippen LogP contribution in [-0.2, 0) is 4.79 Å². The Morgan fingerprint density at radius 2 is 2.18 bits per heavy atom. The van der Waals surface area contributed by atoms with Gasteiger partial charge >= 0.3 is 0 Å². The van der Waals surface area contributed by atoms with Crippen molar-refractivity contribution < 1.29 is 4.79 Å². The summed E-state index contributed by atoms with van der Waals surface area (Å²) < 4.78 is 3.16. The lowest BCUT2D eigenvalue weighted by molar-refractivity contribution is -0.116. The average Bonchev–Trinajstić information content (AvgIpc) is 1.86. The van der Waals surface area contributed by atoms with Gasteiger partial charge in [0.15, 0.2) is 0 Å². The lowest BCUT2D eigenvalue weighted by Crippen LogP contribution is -2.14. The standard InChI is InChI=1S/C8H13NOS/c1-6(2)5-8(7(3)10)11-9-4/h6,8H,5H2,1-3H3. The van der Waals surface area contributed by atoms with E-state index in [9.17, 15) is 4.79 Å². The van der Waals surface area contributed by atoms with E-state index in [2.05, 4.69) is 18.1 Å². The predicted molar refractivity (Wildman–Crippen MR) is 48.1 cm³/mol. The highest BCUT2D eigenvalue weighted by Gasteiger charge is 2.20. The van der Waals surface area contributed by atoms with Gasteiger partial charge in [-0.2, -0.15) is 0 Å². The van der Waals surface area contributed by atoms with Crippen LogP contribution in [0.3, 0.4) is 0 Å². The fourth-order valence-electron chi connectivity index (χ4n) is 0.775. The van der Waals surface area contributed by atoms with E-state index < -0.39 is 0 Å². The Morgan fingerprint density at radius 1 is 1.64 bits per heavy atom. The molecule has 0 amide bonds. The molecule has 0 bridgehead atoms. The quantitative estimate of drug-likeness (QED) is 0.479. The zero-order valence-corrected chi connectivity index (χ0v) is 7.94. The summed E-state index contributed by atoms with van der Waals surface area (Å²) in [6.45, 7) is 12.3. The molecule has 0 aliphatic heterocycles. The van der Waals surface area contributed by atoms with E-state index in [4.69, 9.17) is 6.57 Å². The molecule has 0 fully saturated rings. The molecule has 62 valence electrons. The summed E-state index contributed by atoms with van der Waals surface area (Å²) in [7, 11) is 0. The lowest BCUT2D eigenvalue weighted by atomic mass is 10.1. The molecule has 0 aromatic rings. The van der Waals surface area contributed by atoms with Crippen molar-refractivity contribution in [1.82, 2.24) is 0 Å². The molecule has 11 heavy (non-hydrogen) atoms. The van der Waals surface area contributed by atoms with Crippen molar-refractivity contribution in [2.45, 2.75) is 32.4 Å². The number of hydrogen-bond acceptors (Lipinski definition) is 2. The minimum absolute atomic E-state index is 0.111. The molecule has 0 spiro atoms. The normalized spacial score (nSPS) is 12.6. The van der Waals surface area contributed by atoms with Crippen LogP contribution >= 0.6 is 11.9 Å². The van der Waals surface area contributed by atoms with Crippen LogP contribution in [0.15, 0.2) is 0 Å². The Kier molecular flexibility index (Phi) is 4.97. The van der Waals surface area contributed by atoms with E-state index in [-0.39, 0.29) is 11.0 Å². The van der Waals surface area contributed by atoms with Crippen molar-refractivity contribution in [2.24, 2.45) is 5.92 Å². The molecule has 0 rings (SSSR count). The van der Waals surface area contributed by atoms with Crippen molar-refractivity contribution >= 4 is 17.7 Å². The van der Waals surface area contributed by atoms with E-state index in [0.29, 0.717) is 5.92 Å². The maximum absolute atomic E-state index is 10.9. The van der Waals surface area contributed by atoms with Crippen molar-refractivity contribution in [1.29, 1.82) is 0 Å². The first kappa shape index (κ1) is 10.5. The first-order valence-corrected chi connectivity index (χ1v) is 4.44. The number of nitrogens with zero attached hydrogens (tertiary/aromatic N) is 1. The first-order valence-electron chi connectivity index (χ1n) is 3.61. The lowest BCUT2D eigenvalue weighted by Gasteiger charge is -2.06. The van der Waals surface area contributed by atoms with E-state index in [1.165, 1.54) is 0 Å².